The maximum atomic E-state index is 6.06. The Bertz CT molecular complexity index is 736. The number of fused-ring (bicyclic) bond motifs is 1. The number of hydrogen-bond donors (Lipinski definition) is 1. The van der Waals surface area contributed by atoms with Gasteiger partial charge in [-0.05, 0) is 43.1 Å². The van der Waals surface area contributed by atoms with Crippen molar-refractivity contribution in [2.45, 2.75) is 26.2 Å². The van der Waals surface area contributed by atoms with Gasteiger partial charge in [-0.25, -0.2) is 0 Å². The largest absolute Gasteiger partial charge is 0.361 e. The molecule has 21 heavy (non-hydrogen) atoms. The van der Waals surface area contributed by atoms with Gasteiger partial charge in [0.2, 0.25) is 0 Å². The summed E-state index contributed by atoms with van der Waals surface area (Å²) in [5.74, 6) is 1.17. The van der Waals surface area contributed by atoms with Crippen LogP contribution in [0.25, 0.3) is 10.8 Å². The van der Waals surface area contributed by atoms with Crippen LogP contribution in [-0.2, 0) is 6.42 Å². The fourth-order valence-electron chi connectivity index (χ4n) is 2.97. The number of aryl methyl sites for hydroxylation is 2. The molecule has 1 heterocycles. The molecule has 3 nitrogen and oxygen atoms in total. The SMILES string of the molecule is Cc1noc(C)c1CC(CN)c1cccc2ccccc12. The molecule has 0 fully saturated rings. The van der Waals surface area contributed by atoms with Crippen molar-refractivity contribution in [3.05, 3.63) is 65.0 Å². The molecule has 1 atom stereocenters. The summed E-state index contributed by atoms with van der Waals surface area (Å²) in [7, 11) is 0. The van der Waals surface area contributed by atoms with Gasteiger partial charge in [-0.1, -0.05) is 47.6 Å². The van der Waals surface area contributed by atoms with Gasteiger partial charge in [0.05, 0.1) is 5.69 Å². The lowest BCUT2D eigenvalue weighted by Gasteiger charge is -2.17. The highest BCUT2D eigenvalue weighted by atomic mass is 16.5. The Morgan fingerprint density at radius 2 is 1.86 bits per heavy atom. The summed E-state index contributed by atoms with van der Waals surface area (Å²) in [6.45, 7) is 4.56. The van der Waals surface area contributed by atoms with E-state index < -0.39 is 0 Å². The van der Waals surface area contributed by atoms with Crippen LogP contribution in [0.4, 0.5) is 0 Å². The second kappa shape index (κ2) is 5.70. The summed E-state index contributed by atoms with van der Waals surface area (Å²) in [6, 6.07) is 14.9. The van der Waals surface area contributed by atoms with Crippen molar-refractivity contribution in [1.29, 1.82) is 0 Å². The minimum atomic E-state index is 0.271. The second-order valence-corrected chi connectivity index (χ2v) is 5.51. The van der Waals surface area contributed by atoms with Crippen molar-refractivity contribution in [2.75, 3.05) is 6.54 Å². The van der Waals surface area contributed by atoms with E-state index in [2.05, 4.69) is 47.6 Å². The fraction of sp³-hybridized carbons (Fsp3) is 0.278. The fourth-order valence-corrected chi connectivity index (χ4v) is 2.97. The lowest BCUT2D eigenvalue weighted by atomic mass is 9.88. The van der Waals surface area contributed by atoms with Crippen LogP contribution in [0.5, 0.6) is 0 Å². The molecule has 3 heteroatoms. The number of rotatable bonds is 4. The number of nitrogens with zero attached hydrogens (tertiary/aromatic N) is 1. The van der Waals surface area contributed by atoms with Gasteiger partial charge in [0.25, 0.3) is 0 Å². The summed E-state index contributed by atoms with van der Waals surface area (Å²) in [4.78, 5) is 0. The lowest BCUT2D eigenvalue weighted by molar-refractivity contribution is 0.392. The van der Waals surface area contributed by atoms with E-state index in [0.717, 1.165) is 17.9 Å². The van der Waals surface area contributed by atoms with Gasteiger partial charge in [0.15, 0.2) is 0 Å². The van der Waals surface area contributed by atoms with Crippen LogP contribution in [0.2, 0.25) is 0 Å². The summed E-state index contributed by atoms with van der Waals surface area (Å²) in [5.41, 5.74) is 9.51. The number of benzene rings is 2. The molecule has 2 N–H and O–H groups in total. The van der Waals surface area contributed by atoms with E-state index >= 15 is 0 Å². The Labute approximate surface area is 124 Å². The molecular formula is C18H20N2O. The average Bonchev–Trinajstić information content (AvgIpc) is 2.83. The minimum absolute atomic E-state index is 0.271. The first-order valence-corrected chi connectivity index (χ1v) is 7.30. The second-order valence-electron chi connectivity index (χ2n) is 5.51. The number of nitrogens with two attached hydrogens (primary N) is 1. The van der Waals surface area contributed by atoms with Crippen molar-refractivity contribution >= 4 is 10.8 Å². The molecule has 1 unspecified atom stereocenters. The van der Waals surface area contributed by atoms with Gasteiger partial charge < -0.3 is 10.3 Å². The third-order valence-electron chi connectivity index (χ3n) is 4.18. The van der Waals surface area contributed by atoms with Crippen LogP contribution in [0.3, 0.4) is 0 Å². The third-order valence-corrected chi connectivity index (χ3v) is 4.18. The molecule has 3 aromatic rings. The van der Waals surface area contributed by atoms with E-state index in [1.54, 1.807) is 0 Å². The first kappa shape index (κ1) is 13.8. The molecule has 108 valence electrons. The molecule has 0 spiro atoms. The van der Waals surface area contributed by atoms with Crippen LogP contribution in [0.1, 0.15) is 28.5 Å². The zero-order valence-corrected chi connectivity index (χ0v) is 12.5. The van der Waals surface area contributed by atoms with E-state index in [9.17, 15) is 0 Å². The molecular weight excluding hydrogens is 260 g/mol. The molecule has 1 aromatic heterocycles. The van der Waals surface area contributed by atoms with E-state index in [0.29, 0.717) is 6.54 Å². The van der Waals surface area contributed by atoms with Gasteiger partial charge >= 0.3 is 0 Å². The normalized spacial score (nSPS) is 12.7. The van der Waals surface area contributed by atoms with E-state index in [-0.39, 0.29) is 5.92 Å². The van der Waals surface area contributed by atoms with Gasteiger partial charge in [-0.3, -0.25) is 0 Å². The van der Waals surface area contributed by atoms with Crippen molar-refractivity contribution in [3.63, 3.8) is 0 Å². The Morgan fingerprint density at radius 1 is 1.10 bits per heavy atom. The molecule has 0 saturated heterocycles. The highest BCUT2D eigenvalue weighted by molar-refractivity contribution is 5.86. The van der Waals surface area contributed by atoms with Crippen molar-refractivity contribution in [1.82, 2.24) is 5.16 Å². The van der Waals surface area contributed by atoms with E-state index in [4.69, 9.17) is 10.3 Å². The molecule has 3 rings (SSSR count). The Kier molecular flexibility index (Phi) is 3.76. The number of hydrogen-bond acceptors (Lipinski definition) is 3. The zero-order valence-electron chi connectivity index (χ0n) is 12.5. The molecule has 0 amide bonds. The van der Waals surface area contributed by atoms with Crippen LogP contribution >= 0.6 is 0 Å². The summed E-state index contributed by atoms with van der Waals surface area (Å²) >= 11 is 0. The van der Waals surface area contributed by atoms with Crippen LogP contribution in [-0.4, -0.2) is 11.7 Å². The van der Waals surface area contributed by atoms with Crippen LogP contribution in [0.15, 0.2) is 47.0 Å². The lowest BCUT2D eigenvalue weighted by Crippen LogP contribution is -2.16. The quantitative estimate of drug-likeness (QED) is 0.792. The van der Waals surface area contributed by atoms with Gasteiger partial charge in [0, 0.05) is 11.5 Å². The molecule has 0 aliphatic carbocycles. The summed E-state index contributed by atoms with van der Waals surface area (Å²) in [5, 5.41) is 6.58. The molecule has 0 radical (unpaired) electrons. The van der Waals surface area contributed by atoms with E-state index in [1.165, 1.54) is 21.9 Å². The Hall–Kier alpha value is -2.13. The van der Waals surface area contributed by atoms with Gasteiger partial charge in [-0.15, -0.1) is 0 Å². The highest BCUT2D eigenvalue weighted by Crippen LogP contribution is 2.29. The smallest absolute Gasteiger partial charge is 0.137 e. The topological polar surface area (TPSA) is 52.0 Å². The predicted molar refractivity (Wildman–Crippen MR) is 85.4 cm³/mol. The van der Waals surface area contributed by atoms with Gasteiger partial charge in [-0.2, -0.15) is 0 Å². The van der Waals surface area contributed by atoms with Crippen LogP contribution < -0.4 is 5.73 Å². The number of aromatic nitrogens is 1. The molecule has 2 aromatic carbocycles. The maximum Gasteiger partial charge on any atom is 0.137 e. The predicted octanol–water partition coefficient (Wildman–Crippen LogP) is 3.73. The highest BCUT2D eigenvalue weighted by Gasteiger charge is 2.18. The van der Waals surface area contributed by atoms with E-state index in [1.807, 2.05) is 13.8 Å². The standard InChI is InChI=1S/C18H20N2O/c1-12-18(13(2)21-20-12)10-15(11-19)17-9-5-7-14-6-3-4-8-16(14)17/h3-9,15H,10-11,19H2,1-2H3. The molecule has 0 aliphatic rings. The van der Waals surface area contributed by atoms with Gasteiger partial charge in [0.1, 0.15) is 5.76 Å². The van der Waals surface area contributed by atoms with Crippen molar-refractivity contribution in [3.8, 4) is 0 Å². The third kappa shape index (κ3) is 2.57. The molecule has 0 saturated carbocycles. The first-order chi connectivity index (χ1) is 10.2. The summed E-state index contributed by atoms with van der Waals surface area (Å²) < 4.78 is 5.27. The monoisotopic (exact) mass is 280 g/mol. The van der Waals surface area contributed by atoms with Crippen LogP contribution in [0, 0.1) is 13.8 Å². The zero-order chi connectivity index (χ0) is 14.8. The van der Waals surface area contributed by atoms with Crippen molar-refractivity contribution < 1.29 is 4.52 Å². The molecule has 0 aliphatic heterocycles. The summed E-state index contributed by atoms with van der Waals surface area (Å²) in [6.07, 6.45) is 0.867. The Morgan fingerprint density at radius 3 is 2.57 bits per heavy atom. The first-order valence-electron chi connectivity index (χ1n) is 7.30. The average molecular weight is 280 g/mol. The minimum Gasteiger partial charge on any atom is -0.361 e. The Balaban J connectivity index is 2.03. The maximum absolute atomic E-state index is 6.06. The molecule has 0 bridgehead atoms. The van der Waals surface area contributed by atoms with Crippen molar-refractivity contribution in [2.24, 2.45) is 5.73 Å².